The lowest BCUT2D eigenvalue weighted by Crippen LogP contribution is -2.45. The van der Waals surface area contributed by atoms with Crippen molar-refractivity contribution in [1.82, 2.24) is 0 Å². The van der Waals surface area contributed by atoms with Gasteiger partial charge in [0, 0.05) is 6.42 Å². The molecule has 0 saturated heterocycles. The highest BCUT2D eigenvalue weighted by molar-refractivity contribution is 4.70. The van der Waals surface area contributed by atoms with Crippen molar-refractivity contribution >= 4 is 0 Å². The SMILES string of the molecule is CC(C)(O)CC(N)OC(C)(C)N. The molecule has 0 spiro atoms. The molecule has 0 aromatic rings. The van der Waals surface area contributed by atoms with Crippen molar-refractivity contribution in [2.24, 2.45) is 11.5 Å². The number of aliphatic hydroxyl groups is 1. The Kier molecular flexibility index (Phi) is 3.65. The monoisotopic (exact) mass is 176 g/mol. The predicted molar refractivity (Wildman–Crippen MR) is 48.2 cm³/mol. The van der Waals surface area contributed by atoms with Crippen LogP contribution in [0.25, 0.3) is 0 Å². The fourth-order valence-corrected chi connectivity index (χ4v) is 0.924. The van der Waals surface area contributed by atoms with Crippen LogP contribution in [0.2, 0.25) is 0 Å². The molecule has 0 aliphatic carbocycles. The Hall–Kier alpha value is -0.160. The van der Waals surface area contributed by atoms with Crippen LogP contribution in [0.4, 0.5) is 0 Å². The molecule has 0 aromatic heterocycles. The first-order valence-corrected chi connectivity index (χ1v) is 4.05. The van der Waals surface area contributed by atoms with Gasteiger partial charge in [-0.1, -0.05) is 0 Å². The third kappa shape index (κ3) is 7.94. The molecule has 5 N–H and O–H groups in total. The highest BCUT2D eigenvalue weighted by Crippen LogP contribution is 2.13. The topological polar surface area (TPSA) is 81.5 Å². The molecule has 12 heavy (non-hydrogen) atoms. The molecule has 4 nitrogen and oxygen atoms in total. The lowest BCUT2D eigenvalue weighted by molar-refractivity contribution is -0.0932. The summed E-state index contributed by atoms with van der Waals surface area (Å²) in [5.74, 6) is 0. The van der Waals surface area contributed by atoms with Crippen molar-refractivity contribution in [3.63, 3.8) is 0 Å². The van der Waals surface area contributed by atoms with Crippen LogP contribution >= 0.6 is 0 Å². The van der Waals surface area contributed by atoms with Crippen LogP contribution in [0.5, 0.6) is 0 Å². The molecule has 0 amide bonds. The predicted octanol–water partition coefficient (Wildman–Crippen LogP) is 0.144. The van der Waals surface area contributed by atoms with Crippen LogP contribution in [0.15, 0.2) is 0 Å². The molecular weight excluding hydrogens is 156 g/mol. The van der Waals surface area contributed by atoms with E-state index < -0.39 is 17.6 Å². The molecule has 4 heteroatoms. The van der Waals surface area contributed by atoms with E-state index in [-0.39, 0.29) is 0 Å². The maximum absolute atomic E-state index is 9.38. The first-order chi connectivity index (χ1) is 5.10. The number of hydrogen-bond donors (Lipinski definition) is 3. The minimum atomic E-state index is -0.815. The van der Waals surface area contributed by atoms with Gasteiger partial charge in [-0.15, -0.1) is 0 Å². The van der Waals surface area contributed by atoms with Gasteiger partial charge in [0.2, 0.25) is 0 Å². The number of hydrogen-bond acceptors (Lipinski definition) is 4. The minimum Gasteiger partial charge on any atom is -0.390 e. The standard InChI is InChI=1S/C8H20N2O2/c1-7(2,11)5-6(9)12-8(3,4)10/h6,11H,5,9-10H2,1-4H3. The normalized spacial score (nSPS) is 16.2. The first kappa shape index (κ1) is 11.8. The molecule has 0 bridgehead atoms. The van der Waals surface area contributed by atoms with Gasteiger partial charge in [0.05, 0.1) is 5.60 Å². The first-order valence-electron chi connectivity index (χ1n) is 4.05. The van der Waals surface area contributed by atoms with Gasteiger partial charge in [-0.3, -0.25) is 0 Å². The van der Waals surface area contributed by atoms with Crippen molar-refractivity contribution in [3.8, 4) is 0 Å². The zero-order valence-electron chi connectivity index (χ0n) is 8.29. The van der Waals surface area contributed by atoms with Crippen molar-refractivity contribution in [1.29, 1.82) is 0 Å². The Balaban J connectivity index is 3.83. The Bertz CT molecular complexity index is 119. The van der Waals surface area contributed by atoms with Gasteiger partial charge in [-0.05, 0) is 27.7 Å². The summed E-state index contributed by atoms with van der Waals surface area (Å²) in [7, 11) is 0. The number of rotatable bonds is 4. The second-order valence-corrected chi connectivity index (χ2v) is 4.28. The zero-order valence-corrected chi connectivity index (χ0v) is 8.29. The Morgan fingerprint density at radius 3 is 2.00 bits per heavy atom. The summed E-state index contributed by atoms with van der Waals surface area (Å²) in [6, 6.07) is 0. The van der Waals surface area contributed by atoms with Gasteiger partial charge >= 0.3 is 0 Å². The maximum atomic E-state index is 9.38. The van der Waals surface area contributed by atoms with Crippen molar-refractivity contribution < 1.29 is 9.84 Å². The average Bonchev–Trinajstić information content (AvgIpc) is 1.49. The van der Waals surface area contributed by atoms with E-state index in [0.717, 1.165) is 0 Å². The average molecular weight is 176 g/mol. The summed E-state index contributed by atoms with van der Waals surface area (Å²) in [4.78, 5) is 0. The van der Waals surface area contributed by atoms with Crippen LogP contribution in [0.1, 0.15) is 34.1 Å². The van der Waals surface area contributed by atoms with Crippen LogP contribution in [-0.2, 0) is 4.74 Å². The third-order valence-electron chi connectivity index (χ3n) is 1.16. The Morgan fingerprint density at radius 1 is 1.33 bits per heavy atom. The van der Waals surface area contributed by atoms with E-state index in [9.17, 15) is 5.11 Å². The molecular formula is C8H20N2O2. The second-order valence-electron chi connectivity index (χ2n) is 4.28. The van der Waals surface area contributed by atoms with Crippen LogP contribution < -0.4 is 11.5 Å². The smallest absolute Gasteiger partial charge is 0.113 e. The fraction of sp³-hybridized carbons (Fsp3) is 1.00. The molecule has 0 aliphatic heterocycles. The molecule has 1 unspecified atom stereocenters. The summed E-state index contributed by atoms with van der Waals surface area (Å²) >= 11 is 0. The van der Waals surface area contributed by atoms with E-state index in [2.05, 4.69) is 0 Å². The number of ether oxygens (including phenoxy) is 1. The summed E-state index contributed by atoms with van der Waals surface area (Å²) in [5, 5.41) is 9.38. The molecule has 0 fully saturated rings. The molecule has 0 radical (unpaired) electrons. The zero-order chi connectivity index (χ0) is 9.99. The van der Waals surface area contributed by atoms with Crippen molar-refractivity contribution in [2.45, 2.75) is 51.7 Å². The van der Waals surface area contributed by atoms with E-state index in [0.29, 0.717) is 6.42 Å². The minimum absolute atomic E-state index is 0.369. The number of nitrogens with two attached hydrogens (primary N) is 2. The summed E-state index contributed by atoms with van der Waals surface area (Å²) in [6.45, 7) is 6.80. The van der Waals surface area contributed by atoms with Gasteiger partial charge in [0.25, 0.3) is 0 Å². The van der Waals surface area contributed by atoms with Crippen LogP contribution in [-0.4, -0.2) is 22.7 Å². The molecule has 1 atom stereocenters. The van der Waals surface area contributed by atoms with E-state index >= 15 is 0 Å². The summed E-state index contributed by atoms with van der Waals surface area (Å²) in [5.41, 5.74) is 9.59. The largest absolute Gasteiger partial charge is 0.390 e. The van der Waals surface area contributed by atoms with Crippen LogP contribution in [0.3, 0.4) is 0 Å². The molecule has 0 aliphatic rings. The highest BCUT2D eigenvalue weighted by Gasteiger charge is 2.22. The van der Waals surface area contributed by atoms with E-state index in [1.165, 1.54) is 0 Å². The van der Waals surface area contributed by atoms with Gasteiger partial charge < -0.3 is 21.3 Å². The van der Waals surface area contributed by atoms with Gasteiger partial charge in [0.15, 0.2) is 0 Å². The third-order valence-corrected chi connectivity index (χ3v) is 1.16. The van der Waals surface area contributed by atoms with E-state index in [1.54, 1.807) is 27.7 Å². The Labute approximate surface area is 73.9 Å². The molecule has 0 rings (SSSR count). The fourth-order valence-electron chi connectivity index (χ4n) is 0.924. The van der Waals surface area contributed by atoms with Crippen molar-refractivity contribution in [3.05, 3.63) is 0 Å². The molecule has 0 saturated carbocycles. The summed E-state index contributed by atoms with van der Waals surface area (Å²) < 4.78 is 5.21. The lowest BCUT2D eigenvalue weighted by atomic mass is 10.0. The van der Waals surface area contributed by atoms with E-state index in [1.807, 2.05) is 0 Å². The van der Waals surface area contributed by atoms with Gasteiger partial charge in [-0.2, -0.15) is 0 Å². The summed E-state index contributed by atoms with van der Waals surface area (Å²) in [6.07, 6.45) is -0.154. The van der Waals surface area contributed by atoms with E-state index in [4.69, 9.17) is 16.2 Å². The molecule has 74 valence electrons. The van der Waals surface area contributed by atoms with Crippen LogP contribution in [0, 0.1) is 0 Å². The lowest BCUT2D eigenvalue weighted by Gasteiger charge is -2.28. The maximum Gasteiger partial charge on any atom is 0.113 e. The Morgan fingerprint density at radius 2 is 1.75 bits per heavy atom. The molecule has 0 heterocycles. The molecule has 0 aromatic carbocycles. The van der Waals surface area contributed by atoms with Crippen molar-refractivity contribution in [2.75, 3.05) is 0 Å². The second kappa shape index (κ2) is 3.70. The highest BCUT2D eigenvalue weighted by atomic mass is 16.5. The van der Waals surface area contributed by atoms with Gasteiger partial charge in [0.1, 0.15) is 12.0 Å². The van der Waals surface area contributed by atoms with Gasteiger partial charge in [-0.25, -0.2) is 0 Å². The quantitative estimate of drug-likeness (QED) is 0.532.